The van der Waals surface area contributed by atoms with Gasteiger partial charge in [-0.15, -0.1) is 0 Å². The Bertz CT molecular complexity index is 1060. The number of nitrogens with one attached hydrogen (secondary N) is 2. The van der Waals surface area contributed by atoms with Gasteiger partial charge in [0.05, 0.1) is 0 Å². The van der Waals surface area contributed by atoms with E-state index in [4.69, 9.17) is 0 Å². The Balaban J connectivity index is 0.000000224. The molecule has 32 heavy (non-hydrogen) atoms. The van der Waals surface area contributed by atoms with Gasteiger partial charge in [-0.25, -0.2) is 0 Å². The molecule has 1 aliphatic rings. The van der Waals surface area contributed by atoms with E-state index in [-0.39, 0.29) is 0 Å². The van der Waals surface area contributed by atoms with Crippen LogP contribution < -0.4 is 10.6 Å². The molecule has 2 heteroatoms. The van der Waals surface area contributed by atoms with Crippen molar-refractivity contribution in [2.45, 2.75) is 54.5 Å². The molecule has 1 aliphatic heterocycles. The van der Waals surface area contributed by atoms with Crippen LogP contribution in [0, 0.1) is 13.8 Å². The van der Waals surface area contributed by atoms with Gasteiger partial charge in [0.25, 0.3) is 0 Å². The number of para-hydroxylation sites is 2. The molecule has 0 aliphatic carbocycles. The fourth-order valence-corrected chi connectivity index (χ4v) is 3.57. The second kappa shape index (κ2) is 12.6. The molecule has 0 saturated heterocycles. The van der Waals surface area contributed by atoms with E-state index in [2.05, 4.69) is 98.7 Å². The Labute approximate surface area is 195 Å². The van der Waals surface area contributed by atoms with Gasteiger partial charge in [0, 0.05) is 29.2 Å². The molecule has 0 amide bonds. The summed E-state index contributed by atoms with van der Waals surface area (Å²) in [7, 11) is 0. The second-order valence-electron chi connectivity index (χ2n) is 7.81. The fraction of sp³-hybridized carbons (Fsp3) is 0.267. The van der Waals surface area contributed by atoms with Crippen molar-refractivity contribution in [3.05, 3.63) is 113 Å². The van der Waals surface area contributed by atoms with E-state index in [0.29, 0.717) is 0 Å². The number of aryl methyl sites for hydroxylation is 3. The van der Waals surface area contributed by atoms with Crippen molar-refractivity contribution in [1.29, 1.82) is 0 Å². The van der Waals surface area contributed by atoms with Crippen molar-refractivity contribution in [3.63, 3.8) is 0 Å². The lowest BCUT2D eigenvalue weighted by Crippen LogP contribution is -2.03. The summed E-state index contributed by atoms with van der Waals surface area (Å²) in [6.07, 6.45) is 3.12. The number of benzene rings is 3. The Kier molecular flexibility index (Phi) is 9.81. The predicted molar refractivity (Wildman–Crippen MR) is 143 cm³/mol. The van der Waals surface area contributed by atoms with Crippen molar-refractivity contribution in [2.24, 2.45) is 0 Å². The first-order valence-corrected chi connectivity index (χ1v) is 11.6. The molecule has 0 fully saturated rings. The summed E-state index contributed by atoms with van der Waals surface area (Å²) in [4.78, 5) is 0. The van der Waals surface area contributed by atoms with Gasteiger partial charge >= 0.3 is 0 Å². The van der Waals surface area contributed by atoms with Crippen molar-refractivity contribution in [1.82, 2.24) is 0 Å². The molecule has 0 unspecified atom stereocenters. The van der Waals surface area contributed by atoms with Crippen LogP contribution in [0.4, 0.5) is 11.4 Å². The molecule has 168 valence electrons. The van der Waals surface area contributed by atoms with Crippen molar-refractivity contribution >= 4 is 16.9 Å². The average molecular weight is 427 g/mol. The van der Waals surface area contributed by atoms with E-state index < -0.39 is 0 Å². The van der Waals surface area contributed by atoms with Crippen molar-refractivity contribution in [3.8, 4) is 0 Å². The Hall–Kier alpha value is -3.26. The number of rotatable bonds is 4. The molecule has 1 heterocycles. The third-order valence-electron chi connectivity index (χ3n) is 5.45. The first-order valence-electron chi connectivity index (χ1n) is 11.6. The lowest BCUT2D eigenvalue weighted by molar-refractivity contribution is 1.09. The molecule has 3 aromatic carbocycles. The van der Waals surface area contributed by atoms with Crippen LogP contribution >= 0.6 is 0 Å². The molecule has 0 atom stereocenters. The molecule has 3 aromatic rings. The number of hydrogen-bond acceptors (Lipinski definition) is 2. The standard InChI is InChI=1S/C17H21N.C11H11N.C2H6/c1-4-16-7-5-6-8-17(16)18-12-15-10-9-13(2)14(3)11-15;1-8-7-9(2)12-11-6-4-3-5-10(8)11;1-2/h5-11,18H,4,12H2,1-3H3;3-7,12H,1H2,2H3;1-2H3. The SMILES string of the molecule is C=C1C=C(C)Nc2ccccc21.CC.CCc1ccccc1NCc1ccc(C)c(C)c1. The number of anilines is 2. The zero-order valence-corrected chi connectivity index (χ0v) is 20.5. The smallest absolute Gasteiger partial charge is 0.0461 e. The largest absolute Gasteiger partial charge is 0.381 e. The highest BCUT2D eigenvalue weighted by Crippen LogP contribution is 2.29. The lowest BCUT2D eigenvalue weighted by atomic mass is 10.0. The maximum Gasteiger partial charge on any atom is 0.0461 e. The van der Waals surface area contributed by atoms with E-state index >= 15 is 0 Å². The fourth-order valence-electron chi connectivity index (χ4n) is 3.57. The number of allylic oxidation sites excluding steroid dienone is 3. The van der Waals surface area contributed by atoms with Crippen molar-refractivity contribution < 1.29 is 0 Å². The van der Waals surface area contributed by atoms with Crippen LogP contribution in [0.3, 0.4) is 0 Å². The molecular formula is C30H38N2. The Morgan fingerprint density at radius 2 is 1.53 bits per heavy atom. The molecule has 0 spiro atoms. The summed E-state index contributed by atoms with van der Waals surface area (Å²) in [6, 6.07) is 23.4. The second-order valence-corrected chi connectivity index (χ2v) is 7.81. The first kappa shape index (κ1) is 25.0. The molecule has 4 rings (SSSR count). The monoisotopic (exact) mass is 426 g/mol. The van der Waals surface area contributed by atoms with Gasteiger partial charge in [-0.2, -0.15) is 0 Å². The van der Waals surface area contributed by atoms with Crippen LogP contribution in [-0.2, 0) is 13.0 Å². The molecule has 0 aromatic heterocycles. The van der Waals surface area contributed by atoms with E-state index in [1.54, 1.807) is 0 Å². The molecular weight excluding hydrogens is 388 g/mol. The van der Waals surface area contributed by atoms with Gasteiger partial charge in [0.2, 0.25) is 0 Å². The quantitative estimate of drug-likeness (QED) is 0.437. The first-order chi connectivity index (χ1) is 15.5. The summed E-state index contributed by atoms with van der Waals surface area (Å²) in [6.45, 7) is 17.4. The molecule has 0 saturated carbocycles. The van der Waals surface area contributed by atoms with Gasteiger partial charge in [-0.3, -0.25) is 0 Å². The third-order valence-corrected chi connectivity index (χ3v) is 5.45. The van der Waals surface area contributed by atoms with Crippen LogP contribution in [-0.4, -0.2) is 0 Å². The summed E-state index contributed by atoms with van der Waals surface area (Å²) in [5, 5.41) is 6.82. The molecule has 2 nitrogen and oxygen atoms in total. The number of hydrogen-bond donors (Lipinski definition) is 2. The highest BCUT2D eigenvalue weighted by atomic mass is 14.9. The third kappa shape index (κ3) is 6.88. The minimum absolute atomic E-state index is 0.887. The summed E-state index contributed by atoms with van der Waals surface area (Å²) in [5.41, 5.74) is 11.3. The summed E-state index contributed by atoms with van der Waals surface area (Å²) in [5.74, 6) is 0. The van der Waals surface area contributed by atoms with Crippen LogP contribution in [0.5, 0.6) is 0 Å². The average Bonchev–Trinajstić information content (AvgIpc) is 2.81. The topological polar surface area (TPSA) is 24.1 Å². The normalized spacial score (nSPS) is 11.6. The van der Waals surface area contributed by atoms with Gasteiger partial charge < -0.3 is 10.6 Å². The van der Waals surface area contributed by atoms with E-state index in [1.165, 1.54) is 33.5 Å². The van der Waals surface area contributed by atoms with Crippen LogP contribution in [0.1, 0.15) is 55.5 Å². The Morgan fingerprint density at radius 3 is 2.25 bits per heavy atom. The van der Waals surface area contributed by atoms with Gasteiger partial charge in [0.15, 0.2) is 0 Å². The Morgan fingerprint density at radius 1 is 0.844 bits per heavy atom. The number of fused-ring (bicyclic) bond motifs is 1. The van der Waals surface area contributed by atoms with Crippen LogP contribution in [0.25, 0.3) is 5.57 Å². The van der Waals surface area contributed by atoms with E-state index in [0.717, 1.165) is 29.9 Å². The minimum Gasteiger partial charge on any atom is -0.381 e. The lowest BCUT2D eigenvalue weighted by Gasteiger charge is -2.17. The highest BCUT2D eigenvalue weighted by Gasteiger charge is 2.08. The van der Waals surface area contributed by atoms with Crippen LogP contribution in [0.15, 0.2) is 85.1 Å². The van der Waals surface area contributed by atoms with Gasteiger partial charge in [-0.05, 0) is 73.2 Å². The molecule has 0 bridgehead atoms. The van der Waals surface area contributed by atoms with Crippen LogP contribution in [0.2, 0.25) is 0 Å². The maximum atomic E-state index is 3.99. The molecule has 0 radical (unpaired) electrons. The van der Waals surface area contributed by atoms with Gasteiger partial charge in [0.1, 0.15) is 0 Å². The van der Waals surface area contributed by atoms with E-state index in [9.17, 15) is 0 Å². The summed E-state index contributed by atoms with van der Waals surface area (Å²) < 4.78 is 0. The van der Waals surface area contributed by atoms with Gasteiger partial charge in [-0.1, -0.05) is 81.9 Å². The van der Waals surface area contributed by atoms with Crippen molar-refractivity contribution in [2.75, 3.05) is 10.6 Å². The minimum atomic E-state index is 0.887. The zero-order chi connectivity index (χ0) is 23.5. The highest BCUT2D eigenvalue weighted by molar-refractivity contribution is 5.85. The predicted octanol–water partition coefficient (Wildman–Crippen LogP) is 8.53. The molecule has 2 N–H and O–H groups in total. The zero-order valence-electron chi connectivity index (χ0n) is 20.5. The maximum absolute atomic E-state index is 3.99. The summed E-state index contributed by atoms with van der Waals surface area (Å²) >= 11 is 0. The van der Waals surface area contributed by atoms with E-state index in [1.807, 2.05) is 32.9 Å².